The molecule has 0 aliphatic carbocycles. The Hall–Kier alpha value is -1.42. The van der Waals surface area contributed by atoms with Gasteiger partial charge in [-0.25, -0.2) is 4.39 Å². The molecule has 0 unspecified atom stereocenters. The van der Waals surface area contributed by atoms with Gasteiger partial charge in [0.1, 0.15) is 5.82 Å². The zero-order valence-electron chi connectivity index (χ0n) is 10.8. The van der Waals surface area contributed by atoms with Crippen LogP contribution in [0.5, 0.6) is 0 Å². The first kappa shape index (κ1) is 13.0. The fourth-order valence-electron chi connectivity index (χ4n) is 2.09. The Balaban J connectivity index is 1.89. The second-order valence-corrected chi connectivity index (χ2v) is 5.44. The summed E-state index contributed by atoms with van der Waals surface area (Å²) < 4.78 is 12.7. The van der Waals surface area contributed by atoms with Crippen LogP contribution >= 0.6 is 0 Å². The quantitative estimate of drug-likeness (QED) is 0.885. The number of hydrogen-bond acceptors (Lipinski definition) is 2. The fraction of sp³-hybridized carbons (Fsp3) is 0.500. The number of hydrogen-bond donors (Lipinski definition) is 1. The number of benzene rings is 1. The normalized spacial score (nSPS) is 17.7. The number of nitrogens with zero attached hydrogens (tertiary/aromatic N) is 1. The molecular formula is C14H19FN2O. The summed E-state index contributed by atoms with van der Waals surface area (Å²) in [6, 6.07) is 6.04. The Labute approximate surface area is 107 Å². The van der Waals surface area contributed by atoms with Crippen molar-refractivity contribution in [2.24, 2.45) is 11.7 Å². The van der Waals surface area contributed by atoms with E-state index in [4.69, 9.17) is 5.73 Å². The lowest BCUT2D eigenvalue weighted by atomic mass is 9.80. The van der Waals surface area contributed by atoms with Gasteiger partial charge in [-0.15, -0.1) is 0 Å². The van der Waals surface area contributed by atoms with Gasteiger partial charge in [0.2, 0.25) is 5.91 Å². The molecule has 98 valence electrons. The maximum atomic E-state index is 12.7. The van der Waals surface area contributed by atoms with Crippen LogP contribution in [-0.2, 0) is 11.2 Å². The lowest BCUT2D eigenvalue weighted by Gasteiger charge is -2.50. The zero-order chi connectivity index (χ0) is 13.3. The number of carbonyl (C=O) groups is 1. The second-order valence-electron chi connectivity index (χ2n) is 5.44. The summed E-state index contributed by atoms with van der Waals surface area (Å²) in [7, 11) is 0. The van der Waals surface area contributed by atoms with Gasteiger partial charge in [0, 0.05) is 13.1 Å². The Morgan fingerprint density at radius 1 is 1.39 bits per heavy atom. The Morgan fingerprint density at radius 2 is 1.94 bits per heavy atom. The van der Waals surface area contributed by atoms with Gasteiger partial charge in [-0.3, -0.25) is 4.79 Å². The van der Waals surface area contributed by atoms with Crippen LogP contribution in [-0.4, -0.2) is 29.4 Å². The predicted octanol–water partition coefficient (Wildman–Crippen LogP) is 1.56. The van der Waals surface area contributed by atoms with Crippen LogP contribution in [0.15, 0.2) is 24.3 Å². The number of carbonyl (C=O) groups excluding carboxylic acids is 1. The summed E-state index contributed by atoms with van der Waals surface area (Å²) >= 11 is 0. The highest BCUT2D eigenvalue weighted by atomic mass is 19.1. The third-order valence-electron chi connectivity index (χ3n) is 3.74. The summed E-state index contributed by atoms with van der Waals surface area (Å²) in [4.78, 5) is 13.7. The molecule has 0 bridgehead atoms. The first-order chi connectivity index (χ1) is 8.40. The summed E-state index contributed by atoms with van der Waals surface area (Å²) in [5.41, 5.74) is 6.74. The maximum absolute atomic E-state index is 12.7. The lowest BCUT2D eigenvalue weighted by molar-refractivity contribution is -0.139. The first-order valence-electron chi connectivity index (χ1n) is 6.22. The van der Waals surface area contributed by atoms with E-state index in [1.807, 2.05) is 0 Å². The number of amides is 1. The molecule has 1 aliphatic rings. The lowest BCUT2D eigenvalue weighted by Crippen LogP contribution is -2.71. The standard InChI is InChI=1S/C14H19FN2O/c1-10(2)14(16)8-17(9-14)13(18)7-11-3-5-12(15)6-4-11/h3-6,10H,7-9,16H2,1-2H3. The zero-order valence-corrected chi connectivity index (χ0v) is 10.8. The van der Waals surface area contributed by atoms with Crippen LogP contribution in [0.2, 0.25) is 0 Å². The van der Waals surface area contributed by atoms with Gasteiger partial charge < -0.3 is 10.6 Å². The van der Waals surface area contributed by atoms with E-state index >= 15 is 0 Å². The molecular weight excluding hydrogens is 231 g/mol. The van der Waals surface area contributed by atoms with E-state index in [0.717, 1.165) is 5.56 Å². The van der Waals surface area contributed by atoms with Gasteiger partial charge in [0.25, 0.3) is 0 Å². The van der Waals surface area contributed by atoms with Gasteiger partial charge in [-0.1, -0.05) is 26.0 Å². The molecule has 1 aromatic rings. The van der Waals surface area contributed by atoms with E-state index in [2.05, 4.69) is 13.8 Å². The molecule has 3 nitrogen and oxygen atoms in total. The highest BCUT2D eigenvalue weighted by Gasteiger charge is 2.43. The molecule has 18 heavy (non-hydrogen) atoms. The minimum atomic E-state index is -0.282. The Bertz CT molecular complexity index is 436. The molecule has 1 amide bonds. The molecule has 1 aliphatic heterocycles. The van der Waals surface area contributed by atoms with Crippen molar-refractivity contribution in [1.82, 2.24) is 4.90 Å². The van der Waals surface area contributed by atoms with Gasteiger partial charge >= 0.3 is 0 Å². The minimum absolute atomic E-state index is 0.0586. The highest BCUT2D eigenvalue weighted by molar-refractivity contribution is 5.80. The van der Waals surface area contributed by atoms with Crippen molar-refractivity contribution in [3.05, 3.63) is 35.6 Å². The molecule has 0 spiro atoms. The van der Waals surface area contributed by atoms with Gasteiger partial charge in [-0.05, 0) is 23.6 Å². The molecule has 0 aromatic heterocycles. The van der Waals surface area contributed by atoms with E-state index < -0.39 is 0 Å². The van der Waals surface area contributed by atoms with E-state index in [9.17, 15) is 9.18 Å². The number of nitrogens with two attached hydrogens (primary N) is 1. The fourth-order valence-corrected chi connectivity index (χ4v) is 2.09. The molecule has 1 heterocycles. The molecule has 1 fully saturated rings. The van der Waals surface area contributed by atoms with Crippen molar-refractivity contribution in [2.45, 2.75) is 25.8 Å². The predicted molar refractivity (Wildman–Crippen MR) is 68.4 cm³/mol. The molecule has 1 saturated heterocycles. The summed E-state index contributed by atoms with van der Waals surface area (Å²) in [5.74, 6) is 0.145. The maximum Gasteiger partial charge on any atom is 0.227 e. The average molecular weight is 250 g/mol. The third kappa shape index (κ3) is 2.53. The van der Waals surface area contributed by atoms with E-state index in [1.165, 1.54) is 12.1 Å². The van der Waals surface area contributed by atoms with Crippen molar-refractivity contribution in [3.8, 4) is 0 Å². The molecule has 1 aromatic carbocycles. The first-order valence-corrected chi connectivity index (χ1v) is 6.22. The Morgan fingerprint density at radius 3 is 2.44 bits per heavy atom. The largest absolute Gasteiger partial charge is 0.339 e. The number of halogens is 1. The van der Waals surface area contributed by atoms with E-state index in [1.54, 1.807) is 17.0 Å². The van der Waals surface area contributed by atoms with Gasteiger partial charge in [0.15, 0.2) is 0 Å². The second kappa shape index (κ2) is 4.69. The van der Waals surface area contributed by atoms with Crippen molar-refractivity contribution in [1.29, 1.82) is 0 Å². The van der Waals surface area contributed by atoms with Crippen molar-refractivity contribution in [3.63, 3.8) is 0 Å². The summed E-state index contributed by atoms with van der Waals surface area (Å²) in [6.45, 7) is 5.37. The smallest absolute Gasteiger partial charge is 0.227 e. The van der Waals surface area contributed by atoms with Crippen LogP contribution < -0.4 is 5.73 Å². The molecule has 0 saturated carbocycles. The molecule has 0 radical (unpaired) electrons. The van der Waals surface area contributed by atoms with Gasteiger partial charge in [0.05, 0.1) is 12.0 Å². The minimum Gasteiger partial charge on any atom is -0.339 e. The van der Waals surface area contributed by atoms with Crippen LogP contribution in [0.4, 0.5) is 4.39 Å². The van der Waals surface area contributed by atoms with Crippen LogP contribution in [0.3, 0.4) is 0 Å². The molecule has 0 atom stereocenters. The van der Waals surface area contributed by atoms with E-state index in [-0.39, 0.29) is 17.3 Å². The third-order valence-corrected chi connectivity index (χ3v) is 3.74. The average Bonchev–Trinajstić information content (AvgIpc) is 2.27. The van der Waals surface area contributed by atoms with E-state index in [0.29, 0.717) is 25.4 Å². The topological polar surface area (TPSA) is 46.3 Å². The highest BCUT2D eigenvalue weighted by Crippen LogP contribution is 2.26. The summed E-state index contributed by atoms with van der Waals surface area (Å²) in [5, 5.41) is 0. The molecule has 2 N–H and O–H groups in total. The Kier molecular flexibility index (Phi) is 3.39. The SMILES string of the molecule is CC(C)C1(N)CN(C(=O)Cc2ccc(F)cc2)C1. The summed E-state index contributed by atoms with van der Waals surface area (Å²) in [6.07, 6.45) is 0.314. The monoisotopic (exact) mass is 250 g/mol. The number of likely N-dealkylation sites (tertiary alicyclic amines) is 1. The van der Waals surface area contributed by atoms with Crippen LogP contribution in [0.25, 0.3) is 0 Å². The van der Waals surface area contributed by atoms with Crippen LogP contribution in [0.1, 0.15) is 19.4 Å². The number of rotatable bonds is 3. The van der Waals surface area contributed by atoms with Crippen LogP contribution in [0, 0.1) is 11.7 Å². The molecule has 4 heteroatoms. The van der Waals surface area contributed by atoms with Crippen molar-refractivity contribution >= 4 is 5.91 Å². The molecule has 2 rings (SSSR count). The van der Waals surface area contributed by atoms with Crippen molar-refractivity contribution in [2.75, 3.05) is 13.1 Å². The van der Waals surface area contributed by atoms with Crippen molar-refractivity contribution < 1.29 is 9.18 Å². The van der Waals surface area contributed by atoms with Gasteiger partial charge in [-0.2, -0.15) is 0 Å².